The fourth-order valence-electron chi connectivity index (χ4n) is 2.74. The predicted octanol–water partition coefficient (Wildman–Crippen LogP) is 3.54. The van der Waals surface area contributed by atoms with Gasteiger partial charge in [-0.05, 0) is 37.8 Å². The maximum absolute atomic E-state index is 12.6. The number of amides is 1. The fraction of sp³-hybridized carbons (Fsp3) is 0.562. The van der Waals surface area contributed by atoms with Crippen molar-refractivity contribution in [2.45, 2.75) is 51.5 Å². The second-order valence-electron chi connectivity index (χ2n) is 5.79. The SMILES string of the molecule is CC[C@H](C)c1noc([C@@H]2CCCCN2C(=O)c2ccco2)n1. The molecule has 2 aromatic rings. The molecule has 0 N–H and O–H groups in total. The standard InChI is InChI=1S/C16H21N3O3/c1-3-11(2)14-17-15(22-18-14)12-7-4-5-9-19(12)16(20)13-8-6-10-21-13/h6,8,10-12H,3-5,7,9H2,1-2H3/t11-,12-/m0/s1. The average Bonchev–Trinajstić information content (AvgIpc) is 3.25. The quantitative estimate of drug-likeness (QED) is 0.863. The summed E-state index contributed by atoms with van der Waals surface area (Å²) in [6, 6.07) is 3.25. The first-order chi connectivity index (χ1) is 10.7. The van der Waals surface area contributed by atoms with Crippen molar-refractivity contribution in [3.8, 4) is 0 Å². The highest BCUT2D eigenvalue weighted by Crippen LogP contribution is 2.32. The number of aromatic nitrogens is 2. The van der Waals surface area contributed by atoms with Crippen LogP contribution in [0.2, 0.25) is 0 Å². The van der Waals surface area contributed by atoms with Crippen LogP contribution in [0.3, 0.4) is 0 Å². The van der Waals surface area contributed by atoms with Gasteiger partial charge in [0.25, 0.3) is 5.91 Å². The summed E-state index contributed by atoms with van der Waals surface area (Å²) < 4.78 is 10.7. The van der Waals surface area contributed by atoms with Crippen molar-refractivity contribution >= 4 is 5.91 Å². The van der Waals surface area contributed by atoms with Gasteiger partial charge in [-0.2, -0.15) is 4.98 Å². The Hall–Kier alpha value is -2.11. The minimum Gasteiger partial charge on any atom is -0.459 e. The molecule has 0 aromatic carbocycles. The number of nitrogens with zero attached hydrogens (tertiary/aromatic N) is 3. The Kier molecular flexibility index (Phi) is 4.27. The highest BCUT2D eigenvalue weighted by molar-refractivity contribution is 5.91. The van der Waals surface area contributed by atoms with Crippen molar-refractivity contribution in [1.29, 1.82) is 0 Å². The molecular weight excluding hydrogens is 282 g/mol. The Morgan fingerprint density at radius 3 is 3.09 bits per heavy atom. The first-order valence-electron chi connectivity index (χ1n) is 7.88. The number of piperidine rings is 1. The smallest absolute Gasteiger partial charge is 0.290 e. The molecule has 1 amide bonds. The van der Waals surface area contributed by atoms with Gasteiger partial charge in [-0.1, -0.05) is 19.0 Å². The molecule has 22 heavy (non-hydrogen) atoms. The van der Waals surface area contributed by atoms with Crippen LogP contribution >= 0.6 is 0 Å². The molecule has 6 heteroatoms. The van der Waals surface area contributed by atoms with Crippen LogP contribution in [-0.4, -0.2) is 27.5 Å². The van der Waals surface area contributed by atoms with E-state index in [0.29, 0.717) is 24.0 Å². The summed E-state index contributed by atoms with van der Waals surface area (Å²) >= 11 is 0. The van der Waals surface area contributed by atoms with E-state index < -0.39 is 0 Å². The van der Waals surface area contributed by atoms with Gasteiger partial charge in [-0.25, -0.2) is 0 Å². The Labute approximate surface area is 129 Å². The molecule has 2 aromatic heterocycles. The van der Waals surface area contributed by atoms with E-state index in [1.54, 1.807) is 17.0 Å². The molecule has 0 bridgehead atoms. The zero-order chi connectivity index (χ0) is 15.5. The number of furan rings is 1. The fourth-order valence-corrected chi connectivity index (χ4v) is 2.74. The van der Waals surface area contributed by atoms with Crippen LogP contribution in [0, 0.1) is 0 Å². The molecular formula is C16H21N3O3. The molecule has 0 unspecified atom stereocenters. The summed E-state index contributed by atoms with van der Waals surface area (Å²) in [5, 5.41) is 4.07. The van der Waals surface area contributed by atoms with Gasteiger partial charge in [0.15, 0.2) is 11.6 Å². The van der Waals surface area contributed by atoms with E-state index >= 15 is 0 Å². The van der Waals surface area contributed by atoms with Gasteiger partial charge in [0, 0.05) is 12.5 Å². The normalized spacial score (nSPS) is 20.1. The minimum atomic E-state index is -0.156. The third-order valence-electron chi connectivity index (χ3n) is 4.29. The molecule has 0 aliphatic carbocycles. The van der Waals surface area contributed by atoms with Crippen LogP contribution in [0.4, 0.5) is 0 Å². The lowest BCUT2D eigenvalue weighted by atomic mass is 10.0. The largest absolute Gasteiger partial charge is 0.459 e. The van der Waals surface area contributed by atoms with E-state index in [1.807, 2.05) is 0 Å². The van der Waals surface area contributed by atoms with Gasteiger partial charge in [0.1, 0.15) is 6.04 Å². The molecule has 1 aliphatic rings. The Balaban J connectivity index is 1.83. The Bertz CT molecular complexity index is 620. The highest BCUT2D eigenvalue weighted by Gasteiger charge is 2.33. The summed E-state index contributed by atoms with van der Waals surface area (Å²) in [6.07, 6.45) is 5.34. The molecule has 1 aliphatic heterocycles. The Morgan fingerprint density at radius 2 is 2.36 bits per heavy atom. The number of carbonyl (C=O) groups is 1. The number of hydrogen-bond acceptors (Lipinski definition) is 5. The molecule has 2 atom stereocenters. The lowest BCUT2D eigenvalue weighted by molar-refractivity contribution is 0.0529. The minimum absolute atomic E-state index is 0.113. The van der Waals surface area contributed by atoms with Gasteiger partial charge in [0.05, 0.1) is 6.26 Å². The van der Waals surface area contributed by atoms with E-state index in [9.17, 15) is 4.79 Å². The number of carbonyl (C=O) groups excluding carboxylic acids is 1. The van der Waals surface area contributed by atoms with Gasteiger partial charge in [0.2, 0.25) is 5.89 Å². The van der Waals surface area contributed by atoms with Crippen molar-refractivity contribution in [3.05, 3.63) is 35.9 Å². The summed E-state index contributed by atoms with van der Waals surface area (Å²) in [6.45, 7) is 4.85. The maximum Gasteiger partial charge on any atom is 0.290 e. The monoisotopic (exact) mass is 303 g/mol. The Morgan fingerprint density at radius 1 is 1.50 bits per heavy atom. The molecule has 1 fully saturated rings. The van der Waals surface area contributed by atoms with Crippen LogP contribution in [-0.2, 0) is 0 Å². The number of hydrogen-bond donors (Lipinski definition) is 0. The van der Waals surface area contributed by atoms with Crippen molar-refractivity contribution in [2.24, 2.45) is 0 Å². The third-order valence-corrected chi connectivity index (χ3v) is 4.29. The lowest BCUT2D eigenvalue weighted by Crippen LogP contribution is -2.38. The van der Waals surface area contributed by atoms with Crippen molar-refractivity contribution in [3.63, 3.8) is 0 Å². The maximum atomic E-state index is 12.6. The summed E-state index contributed by atoms with van der Waals surface area (Å²) in [7, 11) is 0. The molecule has 0 radical (unpaired) electrons. The zero-order valence-electron chi connectivity index (χ0n) is 13.0. The third kappa shape index (κ3) is 2.77. The molecule has 0 saturated carbocycles. The predicted molar refractivity (Wildman–Crippen MR) is 79.3 cm³/mol. The molecule has 6 nitrogen and oxygen atoms in total. The van der Waals surface area contributed by atoms with E-state index in [-0.39, 0.29) is 17.9 Å². The lowest BCUT2D eigenvalue weighted by Gasteiger charge is -2.32. The first-order valence-corrected chi connectivity index (χ1v) is 7.88. The summed E-state index contributed by atoms with van der Waals surface area (Å²) in [5.74, 6) is 1.75. The van der Waals surface area contributed by atoms with Crippen molar-refractivity contribution in [1.82, 2.24) is 15.0 Å². The van der Waals surface area contributed by atoms with Gasteiger partial charge in [-0.15, -0.1) is 0 Å². The van der Waals surface area contributed by atoms with Crippen molar-refractivity contribution in [2.75, 3.05) is 6.54 Å². The number of rotatable bonds is 4. The van der Waals surface area contributed by atoms with E-state index in [2.05, 4.69) is 24.0 Å². The van der Waals surface area contributed by atoms with Gasteiger partial charge >= 0.3 is 0 Å². The van der Waals surface area contributed by atoms with Crippen LogP contribution in [0.25, 0.3) is 0 Å². The van der Waals surface area contributed by atoms with Crippen LogP contribution in [0.1, 0.15) is 73.8 Å². The summed E-state index contributed by atoms with van der Waals surface area (Å²) in [4.78, 5) is 18.9. The topological polar surface area (TPSA) is 72.4 Å². The molecule has 118 valence electrons. The van der Waals surface area contributed by atoms with E-state index in [1.165, 1.54) is 6.26 Å². The summed E-state index contributed by atoms with van der Waals surface area (Å²) in [5.41, 5.74) is 0. The van der Waals surface area contributed by atoms with Gasteiger partial charge in [-0.3, -0.25) is 4.79 Å². The van der Waals surface area contributed by atoms with Crippen molar-refractivity contribution < 1.29 is 13.7 Å². The first kappa shape index (κ1) is 14.8. The van der Waals surface area contributed by atoms with Crippen LogP contribution < -0.4 is 0 Å². The van der Waals surface area contributed by atoms with Crippen LogP contribution in [0.15, 0.2) is 27.3 Å². The molecule has 3 heterocycles. The second kappa shape index (κ2) is 6.34. The van der Waals surface area contributed by atoms with Gasteiger partial charge < -0.3 is 13.8 Å². The van der Waals surface area contributed by atoms with E-state index in [0.717, 1.165) is 25.7 Å². The highest BCUT2D eigenvalue weighted by atomic mass is 16.5. The molecule has 0 spiro atoms. The van der Waals surface area contributed by atoms with E-state index in [4.69, 9.17) is 8.94 Å². The van der Waals surface area contributed by atoms with Crippen LogP contribution in [0.5, 0.6) is 0 Å². The number of likely N-dealkylation sites (tertiary alicyclic amines) is 1. The zero-order valence-corrected chi connectivity index (χ0v) is 13.0. The molecule has 3 rings (SSSR count). The molecule has 1 saturated heterocycles. The average molecular weight is 303 g/mol. The second-order valence-corrected chi connectivity index (χ2v) is 5.79.